The molecular formula is C13H25N3O. The monoisotopic (exact) mass is 239 g/mol. The van der Waals surface area contributed by atoms with Crippen LogP contribution in [0.25, 0.3) is 0 Å². The Balaban J connectivity index is 3.63. The van der Waals surface area contributed by atoms with E-state index < -0.39 is 0 Å². The second-order valence-electron chi connectivity index (χ2n) is 5.47. The zero-order valence-corrected chi connectivity index (χ0v) is 11.5. The largest absolute Gasteiger partial charge is 0.354 e. The third-order valence-corrected chi connectivity index (χ3v) is 2.50. The summed E-state index contributed by atoms with van der Waals surface area (Å²) in [5.74, 6) is 0.0855. The number of amides is 1. The number of hydrogen-bond donors (Lipinski definition) is 2. The van der Waals surface area contributed by atoms with Crippen LogP contribution in [0.5, 0.6) is 0 Å². The van der Waals surface area contributed by atoms with Gasteiger partial charge >= 0.3 is 0 Å². The Morgan fingerprint density at radius 2 is 2.06 bits per heavy atom. The first kappa shape index (κ1) is 15.9. The lowest BCUT2D eigenvalue weighted by Crippen LogP contribution is -2.35. The number of nitrogens with zero attached hydrogens (tertiary/aromatic N) is 1. The molecule has 0 spiro atoms. The smallest absolute Gasteiger partial charge is 0.221 e. The molecule has 0 aromatic rings. The van der Waals surface area contributed by atoms with E-state index in [2.05, 4.69) is 30.6 Å². The molecule has 0 aliphatic carbocycles. The van der Waals surface area contributed by atoms with Gasteiger partial charge in [0.1, 0.15) is 0 Å². The van der Waals surface area contributed by atoms with E-state index in [4.69, 9.17) is 5.26 Å². The van der Waals surface area contributed by atoms with Crippen LogP contribution in [0.4, 0.5) is 0 Å². The van der Waals surface area contributed by atoms with Gasteiger partial charge in [-0.25, -0.2) is 0 Å². The molecule has 0 heterocycles. The van der Waals surface area contributed by atoms with E-state index in [0.717, 1.165) is 13.0 Å². The highest BCUT2D eigenvalue weighted by atomic mass is 16.1. The van der Waals surface area contributed by atoms with Crippen molar-refractivity contribution in [3.63, 3.8) is 0 Å². The summed E-state index contributed by atoms with van der Waals surface area (Å²) in [6.07, 6.45) is 1.98. The lowest BCUT2D eigenvalue weighted by Gasteiger charge is -2.23. The molecule has 0 saturated carbocycles. The van der Waals surface area contributed by atoms with Gasteiger partial charge in [-0.3, -0.25) is 4.79 Å². The zero-order valence-electron chi connectivity index (χ0n) is 11.5. The predicted octanol–water partition coefficient (Wildman–Crippen LogP) is 1.82. The molecule has 0 fully saturated rings. The van der Waals surface area contributed by atoms with Gasteiger partial charge in [-0.15, -0.1) is 0 Å². The second kappa shape index (κ2) is 8.08. The molecule has 0 bridgehead atoms. The highest BCUT2D eigenvalue weighted by Gasteiger charge is 2.16. The minimum Gasteiger partial charge on any atom is -0.354 e. The first-order valence-electron chi connectivity index (χ1n) is 6.24. The molecule has 0 saturated heterocycles. The van der Waals surface area contributed by atoms with Crippen molar-refractivity contribution < 1.29 is 4.79 Å². The number of hydrogen-bond acceptors (Lipinski definition) is 3. The normalized spacial score (nSPS) is 11.3. The van der Waals surface area contributed by atoms with E-state index in [1.807, 2.05) is 13.8 Å². The summed E-state index contributed by atoms with van der Waals surface area (Å²) < 4.78 is 0. The SMILES string of the molecule is CC(C)NC(=O)CCNCC(C)(C)CCC#N. The summed E-state index contributed by atoms with van der Waals surface area (Å²) >= 11 is 0. The first-order chi connectivity index (χ1) is 7.87. The Labute approximate surface area is 105 Å². The summed E-state index contributed by atoms with van der Waals surface area (Å²) in [4.78, 5) is 11.4. The van der Waals surface area contributed by atoms with Crippen molar-refractivity contribution in [2.24, 2.45) is 5.41 Å². The molecule has 4 nitrogen and oxygen atoms in total. The van der Waals surface area contributed by atoms with Crippen molar-refractivity contribution in [3.8, 4) is 6.07 Å². The maximum atomic E-state index is 11.4. The van der Waals surface area contributed by atoms with Crippen LogP contribution in [-0.2, 0) is 4.79 Å². The topological polar surface area (TPSA) is 64.9 Å². The minimum atomic E-state index is 0.0855. The quantitative estimate of drug-likeness (QED) is 0.635. The van der Waals surface area contributed by atoms with Crippen molar-refractivity contribution >= 4 is 5.91 Å². The van der Waals surface area contributed by atoms with Crippen LogP contribution in [0.1, 0.15) is 47.0 Å². The molecule has 0 aliphatic rings. The molecule has 4 heteroatoms. The summed E-state index contributed by atoms with van der Waals surface area (Å²) in [6, 6.07) is 2.37. The first-order valence-corrected chi connectivity index (χ1v) is 6.24. The Kier molecular flexibility index (Phi) is 7.56. The average molecular weight is 239 g/mol. The van der Waals surface area contributed by atoms with E-state index in [1.165, 1.54) is 0 Å². The van der Waals surface area contributed by atoms with Gasteiger partial charge in [-0.2, -0.15) is 5.26 Å². The van der Waals surface area contributed by atoms with Gasteiger partial charge in [0.2, 0.25) is 5.91 Å². The van der Waals surface area contributed by atoms with Crippen molar-refractivity contribution in [3.05, 3.63) is 0 Å². The summed E-state index contributed by atoms with van der Waals surface area (Å²) in [5.41, 5.74) is 0.115. The number of carbonyl (C=O) groups excluding carboxylic acids is 1. The zero-order chi connectivity index (χ0) is 13.3. The van der Waals surface area contributed by atoms with Crippen molar-refractivity contribution in [2.45, 2.75) is 53.0 Å². The second-order valence-corrected chi connectivity index (χ2v) is 5.47. The van der Waals surface area contributed by atoms with Gasteiger partial charge in [0.15, 0.2) is 0 Å². The van der Waals surface area contributed by atoms with Gasteiger partial charge in [-0.1, -0.05) is 13.8 Å². The molecule has 0 atom stereocenters. The average Bonchev–Trinajstić information content (AvgIpc) is 2.21. The number of carbonyl (C=O) groups is 1. The van der Waals surface area contributed by atoms with Gasteiger partial charge in [0.25, 0.3) is 0 Å². The highest BCUT2D eigenvalue weighted by Crippen LogP contribution is 2.20. The fraction of sp³-hybridized carbons (Fsp3) is 0.846. The lowest BCUT2D eigenvalue weighted by molar-refractivity contribution is -0.121. The standard InChI is InChI=1S/C13H25N3O/c1-11(2)16-12(17)6-9-15-10-13(3,4)7-5-8-14/h11,15H,5-7,9-10H2,1-4H3,(H,16,17). The number of rotatable bonds is 8. The van der Waals surface area contributed by atoms with Crippen LogP contribution in [0.3, 0.4) is 0 Å². The molecule has 0 radical (unpaired) electrons. The van der Waals surface area contributed by atoms with E-state index in [9.17, 15) is 4.79 Å². The molecular weight excluding hydrogens is 214 g/mol. The molecule has 0 aliphatic heterocycles. The van der Waals surface area contributed by atoms with Crippen LogP contribution in [0, 0.1) is 16.7 Å². The molecule has 1 amide bonds. The van der Waals surface area contributed by atoms with Crippen molar-refractivity contribution in [2.75, 3.05) is 13.1 Å². The third-order valence-electron chi connectivity index (χ3n) is 2.50. The summed E-state index contributed by atoms with van der Waals surface area (Å²) in [5, 5.41) is 14.7. The molecule has 0 aromatic heterocycles. The minimum absolute atomic E-state index is 0.0855. The lowest BCUT2D eigenvalue weighted by atomic mass is 9.88. The Bertz CT molecular complexity index is 266. The van der Waals surface area contributed by atoms with Crippen molar-refractivity contribution in [1.82, 2.24) is 10.6 Å². The van der Waals surface area contributed by atoms with E-state index in [-0.39, 0.29) is 17.4 Å². The van der Waals surface area contributed by atoms with Gasteiger partial charge in [-0.05, 0) is 25.7 Å². The number of nitriles is 1. The Morgan fingerprint density at radius 1 is 1.41 bits per heavy atom. The maximum Gasteiger partial charge on any atom is 0.221 e. The van der Waals surface area contributed by atoms with Gasteiger partial charge in [0, 0.05) is 32.0 Å². The molecule has 0 unspecified atom stereocenters. The third kappa shape index (κ3) is 9.83. The molecule has 0 rings (SSSR count). The predicted molar refractivity (Wildman–Crippen MR) is 69.4 cm³/mol. The fourth-order valence-electron chi connectivity index (χ4n) is 1.51. The van der Waals surface area contributed by atoms with Crippen molar-refractivity contribution in [1.29, 1.82) is 5.26 Å². The van der Waals surface area contributed by atoms with E-state index in [0.29, 0.717) is 19.4 Å². The maximum absolute atomic E-state index is 11.4. The van der Waals surface area contributed by atoms with E-state index >= 15 is 0 Å². The van der Waals surface area contributed by atoms with Gasteiger partial charge < -0.3 is 10.6 Å². The van der Waals surface area contributed by atoms with E-state index in [1.54, 1.807) is 0 Å². The summed E-state index contributed by atoms with van der Waals surface area (Å²) in [7, 11) is 0. The fourth-order valence-corrected chi connectivity index (χ4v) is 1.51. The van der Waals surface area contributed by atoms with Crippen LogP contribution in [-0.4, -0.2) is 25.0 Å². The highest BCUT2D eigenvalue weighted by molar-refractivity contribution is 5.76. The molecule has 17 heavy (non-hydrogen) atoms. The molecule has 98 valence electrons. The van der Waals surface area contributed by atoms with Gasteiger partial charge in [0.05, 0.1) is 6.07 Å². The number of nitrogens with one attached hydrogen (secondary N) is 2. The Morgan fingerprint density at radius 3 is 2.59 bits per heavy atom. The Hall–Kier alpha value is -1.08. The van der Waals surface area contributed by atoms with Crippen LogP contribution < -0.4 is 10.6 Å². The molecule has 0 aromatic carbocycles. The van der Waals surface area contributed by atoms with Crippen LogP contribution in [0.2, 0.25) is 0 Å². The molecule has 2 N–H and O–H groups in total. The van der Waals surface area contributed by atoms with Crippen LogP contribution >= 0.6 is 0 Å². The van der Waals surface area contributed by atoms with Crippen LogP contribution in [0.15, 0.2) is 0 Å². The summed E-state index contributed by atoms with van der Waals surface area (Å²) in [6.45, 7) is 9.70.